The molecule has 2 aromatic heterocycles. The van der Waals surface area contributed by atoms with Crippen LogP contribution in [0.15, 0.2) is 34.5 Å². The Balaban J connectivity index is 1.51. The first-order valence-corrected chi connectivity index (χ1v) is 12.9. The van der Waals surface area contributed by atoms with Gasteiger partial charge in [-0.2, -0.15) is 0 Å². The van der Waals surface area contributed by atoms with Gasteiger partial charge >= 0.3 is 0 Å². The third-order valence-corrected chi connectivity index (χ3v) is 9.23. The maximum Gasteiger partial charge on any atom is 0.242 e. The number of thiophene rings is 1. The number of nitrogens with zero attached hydrogens (tertiary/aromatic N) is 4. The molecule has 1 aliphatic carbocycles. The van der Waals surface area contributed by atoms with Gasteiger partial charge in [0.2, 0.25) is 10.0 Å². The molecule has 0 unspecified atom stereocenters. The lowest BCUT2D eigenvalue weighted by molar-refractivity contribution is 0.152. The van der Waals surface area contributed by atoms with Crippen molar-refractivity contribution in [1.82, 2.24) is 18.8 Å². The standard InChI is InChI=1S/C22H28N4O2S2/c1-4-26-19-8-7-16(30(27,28)24(2)3)13-18(19)23-21(26)14-25-11-9-20-17(10-12-29-20)22(25)15-5-6-15/h7-8,10,12-13,15,22H,4-6,9,11,14H2,1-3H3/t22-/m0/s1. The zero-order valence-corrected chi connectivity index (χ0v) is 19.3. The maximum atomic E-state index is 12.6. The average Bonchev–Trinajstić information content (AvgIpc) is 3.33. The number of rotatable bonds is 6. The van der Waals surface area contributed by atoms with Crippen molar-refractivity contribution in [3.8, 4) is 0 Å². The molecule has 0 saturated heterocycles. The molecule has 30 heavy (non-hydrogen) atoms. The number of fused-ring (bicyclic) bond motifs is 2. The van der Waals surface area contributed by atoms with E-state index in [1.807, 2.05) is 17.4 Å². The fourth-order valence-corrected chi connectivity index (χ4v) is 6.56. The first-order chi connectivity index (χ1) is 14.4. The van der Waals surface area contributed by atoms with Gasteiger partial charge in [-0.1, -0.05) is 0 Å². The molecular weight excluding hydrogens is 416 g/mol. The molecule has 0 amide bonds. The summed E-state index contributed by atoms with van der Waals surface area (Å²) in [5.41, 5.74) is 3.28. The molecule has 0 radical (unpaired) electrons. The van der Waals surface area contributed by atoms with Crippen molar-refractivity contribution < 1.29 is 8.42 Å². The molecule has 0 spiro atoms. The summed E-state index contributed by atoms with van der Waals surface area (Å²) in [5.74, 6) is 1.78. The van der Waals surface area contributed by atoms with Gasteiger partial charge in [0.25, 0.3) is 0 Å². The summed E-state index contributed by atoms with van der Waals surface area (Å²) in [5, 5.41) is 2.23. The van der Waals surface area contributed by atoms with Gasteiger partial charge in [-0.05, 0) is 67.3 Å². The van der Waals surface area contributed by atoms with E-state index in [1.165, 1.54) is 22.7 Å². The van der Waals surface area contributed by atoms with Crippen LogP contribution in [0.1, 0.15) is 42.1 Å². The number of hydrogen-bond acceptors (Lipinski definition) is 5. The molecule has 2 aliphatic rings. The molecule has 160 valence electrons. The second-order valence-corrected chi connectivity index (χ2v) is 11.7. The highest BCUT2D eigenvalue weighted by molar-refractivity contribution is 7.89. The maximum absolute atomic E-state index is 12.6. The molecule has 1 atom stereocenters. The van der Waals surface area contributed by atoms with Gasteiger partial charge in [0.1, 0.15) is 5.82 Å². The molecule has 1 aromatic carbocycles. The summed E-state index contributed by atoms with van der Waals surface area (Å²) < 4.78 is 28.6. The zero-order chi connectivity index (χ0) is 21.0. The summed E-state index contributed by atoms with van der Waals surface area (Å²) >= 11 is 1.89. The lowest BCUT2D eigenvalue weighted by atomic mass is 9.96. The molecule has 6 nitrogen and oxygen atoms in total. The van der Waals surface area contributed by atoms with Crippen molar-refractivity contribution in [2.45, 2.75) is 50.2 Å². The number of imidazole rings is 1. The molecular formula is C22H28N4O2S2. The van der Waals surface area contributed by atoms with Gasteiger partial charge < -0.3 is 4.57 Å². The van der Waals surface area contributed by atoms with Gasteiger partial charge in [0.15, 0.2) is 0 Å². The minimum Gasteiger partial charge on any atom is -0.327 e. The summed E-state index contributed by atoms with van der Waals surface area (Å²) in [6.45, 7) is 4.80. The highest BCUT2D eigenvalue weighted by Crippen LogP contribution is 2.48. The Hall–Kier alpha value is -1.74. The molecule has 3 aromatic rings. The Morgan fingerprint density at radius 3 is 2.73 bits per heavy atom. The van der Waals surface area contributed by atoms with Crippen LogP contribution in [0.5, 0.6) is 0 Å². The van der Waals surface area contributed by atoms with E-state index < -0.39 is 10.0 Å². The zero-order valence-electron chi connectivity index (χ0n) is 17.7. The van der Waals surface area contributed by atoms with Crippen molar-refractivity contribution >= 4 is 32.4 Å². The van der Waals surface area contributed by atoms with Crippen LogP contribution in [0.25, 0.3) is 11.0 Å². The molecule has 5 rings (SSSR count). The quantitative estimate of drug-likeness (QED) is 0.579. The highest BCUT2D eigenvalue weighted by Gasteiger charge is 2.40. The van der Waals surface area contributed by atoms with Crippen LogP contribution in [-0.4, -0.2) is 47.8 Å². The van der Waals surface area contributed by atoms with Gasteiger partial charge in [0.05, 0.1) is 22.5 Å². The first-order valence-electron chi connectivity index (χ1n) is 10.6. The topological polar surface area (TPSA) is 58.4 Å². The minimum absolute atomic E-state index is 0.295. The Morgan fingerprint density at radius 2 is 2.03 bits per heavy atom. The van der Waals surface area contributed by atoms with Crippen LogP contribution >= 0.6 is 11.3 Å². The number of aromatic nitrogens is 2. The van der Waals surface area contributed by atoms with E-state index in [0.717, 1.165) is 48.8 Å². The molecule has 1 saturated carbocycles. The van der Waals surface area contributed by atoms with Crippen molar-refractivity contribution in [3.63, 3.8) is 0 Å². The van der Waals surface area contributed by atoms with Gasteiger partial charge in [-0.25, -0.2) is 17.7 Å². The van der Waals surface area contributed by atoms with Crippen LogP contribution < -0.4 is 0 Å². The van der Waals surface area contributed by atoms with E-state index in [-0.39, 0.29) is 0 Å². The summed E-state index contributed by atoms with van der Waals surface area (Å²) in [7, 11) is -0.353. The number of aryl methyl sites for hydroxylation is 1. The third kappa shape index (κ3) is 3.30. The lowest BCUT2D eigenvalue weighted by Crippen LogP contribution is -2.36. The predicted molar refractivity (Wildman–Crippen MR) is 120 cm³/mol. The van der Waals surface area contributed by atoms with Crippen LogP contribution in [0.2, 0.25) is 0 Å². The van der Waals surface area contributed by atoms with Crippen molar-refractivity contribution in [3.05, 3.63) is 45.9 Å². The SMILES string of the molecule is CCn1c(CN2CCc3sccc3[C@@H]2C2CC2)nc2cc(S(=O)(=O)N(C)C)ccc21. The van der Waals surface area contributed by atoms with Crippen molar-refractivity contribution in [2.24, 2.45) is 5.92 Å². The molecule has 0 bridgehead atoms. The summed E-state index contributed by atoms with van der Waals surface area (Å²) in [4.78, 5) is 9.35. The van der Waals surface area contributed by atoms with E-state index in [0.29, 0.717) is 10.9 Å². The number of hydrogen-bond donors (Lipinski definition) is 0. The normalized spacial score (nSPS) is 20.2. The van der Waals surface area contributed by atoms with E-state index in [4.69, 9.17) is 4.98 Å². The highest BCUT2D eigenvalue weighted by atomic mass is 32.2. The second-order valence-electron chi connectivity index (χ2n) is 8.51. The molecule has 0 N–H and O–H groups in total. The Morgan fingerprint density at radius 1 is 1.23 bits per heavy atom. The Kier molecular flexibility index (Phi) is 5.01. The third-order valence-electron chi connectivity index (χ3n) is 6.42. The smallest absolute Gasteiger partial charge is 0.242 e. The summed E-state index contributed by atoms with van der Waals surface area (Å²) in [6, 6.07) is 8.12. The number of sulfonamides is 1. The van der Waals surface area contributed by atoms with E-state index >= 15 is 0 Å². The van der Waals surface area contributed by atoms with Crippen molar-refractivity contribution in [1.29, 1.82) is 0 Å². The Labute approximate surface area is 182 Å². The molecule has 8 heteroatoms. The minimum atomic E-state index is -3.47. The van der Waals surface area contributed by atoms with E-state index in [1.54, 1.807) is 31.1 Å². The van der Waals surface area contributed by atoms with E-state index in [9.17, 15) is 8.42 Å². The predicted octanol–water partition coefficient (Wildman–Crippen LogP) is 3.88. The van der Waals surface area contributed by atoms with Gasteiger partial charge in [-0.15, -0.1) is 11.3 Å². The molecule has 3 heterocycles. The monoisotopic (exact) mass is 444 g/mol. The van der Waals surface area contributed by atoms with E-state index in [2.05, 4.69) is 27.8 Å². The van der Waals surface area contributed by atoms with Crippen molar-refractivity contribution in [2.75, 3.05) is 20.6 Å². The van der Waals surface area contributed by atoms with Gasteiger partial charge in [0, 0.05) is 38.1 Å². The fourth-order valence-electron chi connectivity index (χ4n) is 4.73. The van der Waals surface area contributed by atoms with Crippen LogP contribution in [0.4, 0.5) is 0 Å². The number of benzene rings is 1. The molecule has 1 aliphatic heterocycles. The Bertz CT molecular complexity index is 1190. The summed E-state index contributed by atoms with van der Waals surface area (Å²) in [6.07, 6.45) is 3.73. The first kappa shape index (κ1) is 20.2. The van der Waals surface area contributed by atoms with Gasteiger partial charge in [-0.3, -0.25) is 4.90 Å². The van der Waals surface area contributed by atoms with Crippen LogP contribution in [-0.2, 0) is 29.5 Å². The van der Waals surface area contributed by atoms with Crippen LogP contribution in [0.3, 0.4) is 0 Å². The fraction of sp³-hybridized carbons (Fsp3) is 0.500. The lowest BCUT2D eigenvalue weighted by Gasteiger charge is -2.36. The second kappa shape index (κ2) is 7.44. The molecule has 1 fully saturated rings. The largest absolute Gasteiger partial charge is 0.327 e. The average molecular weight is 445 g/mol. The van der Waals surface area contributed by atoms with Crippen LogP contribution in [0, 0.1) is 5.92 Å².